The minimum absolute atomic E-state index is 0.0291. The van der Waals surface area contributed by atoms with Gasteiger partial charge in [-0.1, -0.05) is 31.0 Å². The topological polar surface area (TPSA) is 42.4 Å². The Kier molecular flexibility index (Phi) is 5.14. The summed E-state index contributed by atoms with van der Waals surface area (Å²) in [6.07, 6.45) is 4.34. The van der Waals surface area contributed by atoms with Gasteiger partial charge < -0.3 is 9.64 Å². The average Bonchev–Trinajstić information content (AvgIpc) is 2.87. The Labute approximate surface area is 143 Å². The number of pyridine rings is 1. The van der Waals surface area contributed by atoms with Gasteiger partial charge in [0.25, 0.3) is 5.91 Å². The number of amides is 1. The number of rotatable bonds is 3. The quantitative estimate of drug-likeness (QED) is 0.851. The molecule has 24 heavy (non-hydrogen) atoms. The van der Waals surface area contributed by atoms with Crippen molar-refractivity contribution in [2.24, 2.45) is 0 Å². The molecule has 0 aliphatic carbocycles. The number of benzene rings is 1. The molecule has 2 heterocycles. The molecule has 1 aliphatic heterocycles. The van der Waals surface area contributed by atoms with Gasteiger partial charge in [-0.3, -0.25) is 4.79 Å². The van der Waals surface area contributed by atoms with Crippen molar-refractivity contribution >= 4 is 5.91 Å². The number of aryl methyl sites for hydroxylation is 1. The van der Waals surface area contributed by atoms with Gasteiger partial charge in [-0.2, -0.15) is 0 Å². The third kappa shape index (κ3) is 3.58. The highest BCUT2D eigenvalue weighted by Gasteiger charge is 2.28. The lowest BCUT2D eigenvalue weighted by Crippen LogP contribution is -2.35. The minimum Gasteiger partial charge on any atom is -0.497 e. The Balaban J connectivity index is 1.90. The molecule has 1 amide bonds. The normalized spacial score (nSPS) is 18.1. The van der Waals surface area contributed by atoms with Gasteiger partial charge in [0.15, 0.2) is 0 Å². The van der Waals surface area contributed by atoms with E-state index in [4.69, 9.17) is 4.74 Å². The van der Waals surface area contributed by atoms with Gasteiger partial charge in [0.1, 0.15) is 11.4 Å². The molecule has 4 heteroatoms. The maximum atomic E-state index is 13.1. The highest BCUT2D eigenvalue weighted by Crippen LogP contribution is 2.32. The van der Waals surface area contributed by atoms with Crippen LogP contribution >= 0.6 is 0 Å². The zero-order chi connectivity index (χ0) is 16.9. The molecule has 1 unspecified atom stereocenters. The summed E-state index contributed by atoms with van der Waals surface area (Å²) in [7, 11) is 1.67. The molecule has 0 saturated carbocycles. The van der Waals surface area contributed by atoms with Crippen molar-refractivity contribution in [2.75, 3.05) is 13.7 Å². The second-order valence-corrected chi connectivity index (χ2v) is 6.30. The third-order valence-corrected chi connectivity index (χ3v) is 4.62. The molecule has 1 saturated heterocycles. The van der Waals surface area contributed by atoms with Crippen molar-refractivity contribution in [3.8, 4) is 5.75 Å². The lowest BCUT2D eigenvalue weighted by atomic mass is 10.0. The van der Waals surface area contributed by atoms with E-state index in [2.05, 4.69) is 17.1 Å². The number of hydrogen-bond donors (Lipinski definition) is 0. The summed E-state index contributed by atoms with van der Waals surface area (Å²) >= 11 is 0. The van der Waals surface area contributed by atoms with Crippen LogP contribution in [-0.4, -0.2) is 29.4 Å². The number of ether oxygens (including phenoxy) is 1. The molecule has 0 radical (unpaired) electrons. The van der Waals surface area contributed by atoms with Crippen LogP contribution in [-0.2, 0) is 0 Å². The van der Waals surface area contributed by atoms with E-state index in [9.17, 15) is 4.79 Å². The number of aromatic nitrogens is 1. The predicted molar refractivity (Wildman–Crippen MR) is 94.2 cm³/mol. The highest BCUT2D eigenvalue weighted by atomic mass is 16.5. The lowest BCUT2D eigenvalue weighted by molar-refractivity contribution is 0.0674. The monoisotopic (exact) mass is 324 g/mol. The first-order valence-electron chi connectivity index (χ1n) is 8.57. The summed E-state index contributed by atoms with van der Waals surface area (Å²) in [4.78, 5) is 19.5. The summed E-state index contributed by atoms with van der Waals surface area (Å²) in [6, 6.07) is 13.8. The highest BCUT2D eigenvalue weighted by molar-refractivity contribution is 5.92. The van der Waals surface area contributed by atoms with Crippen LogP contribution in [0.5, 0.6) is 5.75 Å². The van der Waals surface area contributed by atoms with Crippen molar-refractivity contribution < 1.29 is 9.53 Å². The van der Waals surface area contributed by atoms with Gasteiger partial charge in [0.2, 0.25) is 0 Å². The van der Waals surface area contributed by atoms with Crippen molar-refractivity contribution in [2.45, 2.75) is 38.6 Å². The smallest absolute Gasteiger partial charge is 0.272 e. The second-order valence-electron chi connectivity index (χ2n) is 6.30. The fourth-order valence-electron chi connectivity index (χ4n) is 3.33. The molecular formula is C20H24N2O2. The number of nitrogens with zero attached hydrogens (tertiary/aromatic N) is 2. The molecule has 2 aromatic rings. The van der Waals surface area contributed by atoms with Crippen LogP contribution in [0, 0.1) is 6.92 Å². The molecule has 126 valence electrons. The van der Waals surface area contributed by atoms with E-state index in [1.165, 1.54) is 5.56 Å². The van der Waals surface area contributed by atoms with Gasteiger partial charge >= 0.3 is 0 Å². The number of carbonyl (C=O) groups is 1. The van der Waals surface area contributed by atoms with Crippen molar-refractivity contribution in [3.63, 3.8) is 0 Å². The van der Waals surface area contributed by atoms with Gasteiger partial charge in [-0.15, -0.1) is 0 Å². The Morgan fingerprint density at radius 2 is 1.92 bits per heavy atom. The number of methoxy groups -OCH3 is 1. The number of hydrogen-bond acceptors (Lipinski definition) is 3. The first-order chi connectivity index (χ1) is 11.7. The third-order valence-electron chi connectivity index (χ3n) is 4.62. The molecule has 3 rings (SSSR count). The molecule has 4 nitrogen and oxygen atoms in total. The van der Waals surface area contributed by atoms with E-state index < -0.39 is 0 Å². The maximum Gasteiger partial charge on any atom is 0.272 e. The Hall–Kier alpha value is -2.36. The van der Waals surface area contributed by atoms with Crippen LogP contribution < -0.4 is 4.74 Å². The zero-order valence-electron chi connectivity index (χ0n) is 14.4. The van der Waals surface area contributed by atoms with Gasteiger partial charge in [0, 0.05) is 12.2 Å². The molecule has 1 aliphatic rings. The van der Waals surface area contributed by atoms with E-state index in [0.29, 0.717) is 5.69 Å². The van der Waals surface area contributed by atoms with Gasteiger partial charge in [-0.25, -0.2) is 4.98 Å². The van der Waals surface area contributed by atoms with Crippen LogP contribution in [0.4, 0.5) is 0 Å². The summed E-state index contributed by atoms with van der Waals surface area (Å²) in [6.45, 7) is 2.70. The van der Waals surface area contributed by atoms with Crippen LogP contribution in [0.15, 0.2) is 42.5 Å². The molecule has 1 aromatic carbocycles. The molecule has 1 atom stereocenters. The van der Waals surface area contributed by atoms with E-state index in [-0.39, 0.29) is 11.9 Å². The fourth-order valence-corrected chi connectivity index (χ4v) is 3.33. The fraction of sp³-hybridized carbons (Fsp3) is 0.400. The largest absolute Gasteiger partial charge is 0.497 e. The van der Waals surface area contributed by atoms with Gasteiger partial charge in [0.05, 0.1) is 13.2 Å². The maximum absolute atomic E-state index is 13.1. The van der Waals surface area contributed by atoms with Crippen LogP contribution in [0.2, 0.25) is 0 Å². The molecule has 0 spiro atoms. The number of carbonyl (C=O) groups excluding carboxylic acids is 1. The minimum atomic E-state index is 0.0291. The van der Waals surface area contributed by atoms with Crippen LogP contribution in [0.25, 0.3) is 0 Å². The average molecular weight is 324 g/mol. The predicted octanol–water partition coefficient (Wildman–Crippen LogP) is 4.16. The van der Waals surface area contributed by atoms with E-state index >= 15 is 0 Å². The Morgan fingerprint density at radius 3 is 2.62 bits per heavy atom. The second kappa shape index (κ2) is 7.47. The summed E-state index contributed by atoms with van der Waals surface area (Å²) in [5.41, 5.74) is 2.57. The summed E-state index contributed by atoms with van der Waals surface area (Å²) in [5.74, 6) is 0.868. The standard InChI is InChI=1S/C20H24N2O2/c1-15-7-6-8-18(21-15)20(23)22-14-5-3-4-9-19(22)16-10-12-17(24-2)13-11-16/h6-8,10-13,19H,3-5,9,14H2,1-2H3. The van der Waals surface area contributed by atoms with Crippen LogP contribution in [0.1, 0.15) is 53.5 Å². The first kappa shape index (κ1) is 16.5. The first-order valence-corrected chi connectivity index (χ1v) is 8.57. The molecule has 0 N–H and O–H groups in total. The summed E-state index contributed by atoms with van der Waals surface area (Å²) < 4.78 is 5.25. The summed E-state index contributed by atoms with van der Waals surface area (Å²) in [5, 5.41) is 0. The number of likely N-dealkylation sites (tertiary alicyclic amines) is 1. The zero-order valence-corrected chi connectivity index (χ0v) is 14.4. The van der Waals surface area contributed by atoms with Gasteiger partial charge in [-0.05, 0) is 49.6 Å². The van der Waals surface area contributed by atoms with E-state index in [1.54, 1.807) is 7.11 Å². The molecular weight excluding hydrogens is 300 g/mol. The molecule has 1 aromatic heterocycles. The van der Waals surface area contributed by atoms with Crippen LogP contribution in [0.3, 0.4) is 0 Å². The van der Waals surface area contributed by atoms with Crippen molar-refractivity contribution in [1.29, 1.82) is 0 Å². The Morgan fingerprint density at radius 1 is 1.12 bits per heavy atom. The van der Waals surface area contributed by atoms with E-state index in [0.717, 1.165) is 43.7 Å². The lowest BCUT2D eigenvalue weighted by Gasteiger charge is -2.30. The molecule has 0 bridgehead atoms. The molecule has 1 fully saturated rings. The SMILES string of the molecule is COc1ccc(C2CCCCCN2C(=O)c2cccc(C)n2)cc1. The van der Waals surface area contributed by atoms with Crippen molar-refractivity contribution in [1.82, 2.24) is 9.88 Å². The van der Waals surface area contributed by atoms with E-state index in [1.807, 2.05) is 42.2 Å². The Bertz CT molecular complexity index is 697. The van der Waals surface area contributed by atoms with Crippen molar-refractivity contribution in [3.05, 3.63) is 59.4 Å².